The molecule has 0 amide bonds. The molecule has 9 heteroatoms. The standard InChI is InChI=1S/C14H18N6O2.BrH/c1-11-5-7-18(8-6-11)10-14-15-16-17-19(14)12-3-2-4-13(9-12)20(21)22;/h2-4,9,11H,5-8,10H2,1H3;1H. The molecule has 0 N–H and O–H groups in total. The van der Waals surface area contributed by atoms with Crippen molar-refractivity contribution in [1.29, 1.82) is 0 Å². The Morgan fingerprint density at radius 3 is 2.78 bits per heavy atom. The summed E-state index contributed by atoms with van der Waals surface area (Å²) in [6.45, 7) is 4.98. The van der Waals surface area contributed by atoms with E-state index in [0.717, 1.165) is 19.0 Å². The number of aromatic nitrogens is 4. The predicted molar refractivity (Wildman–Crippen MR) is 89.8 cm³/mol. The van der Waals surface area contributed by atoms with E-state index < -0.39 is 4.92 Å². The molecule has 0 radical (unpaired) electrons. The van der Waals surface area contributed by atoms with Crippen LogP contribution in [0.2, 0.25) is 0 Å². The molecular weight excluding hydrogens is 364 g/mol. The highest BCUT2D eigenvalue weighted by atomic mass is 79.9. The van der Waals surface area contributed by atoms with Gasteiger partial charge in [-0.3, -0.25) is 15.0 Å². The van der Waals surface area contributed by atoms with Crippen molar-refractivity contribution >= 4 is 22.7 Å². The Morgan fingerprint density at radius 1 is 1.35 bits per heavy atom. The quantitative estimate of drug-likeness (QED) is 0.595. The Bertz CT molecular complexity index is 669. The van der Waals surface area contributed by atoms with Gasteiger partial charge in [-0.1, -0.05) is 13.0 Å². The molecule has 1 aromatic heterocycles. The molecule has 2 aromatic rings. The minimum Gasteiger partial charge on any atom is -0.296 e. The van der Waals surface area contributed by atoms with Gasteiger partial charge in [-0.2, -0.15) is 4.68 Å². The number of piperidine rings is 1. The molecule has 3 rings (SSSR count). The number of benzene rings is 1. The van der Waals surface area contributed by atoms with Crippen LogP contribution in [-0.4, -0.2) is 43.1 Å². The van der Waals surface area contributed by atoms with Crippen LogP contribution in [0.4, 0.5) is 5.69 Å². The number of tetrazole rings is 1. The van der Waals surface area contributed by atoms with Crippen molar-refractivity contribution in [3.63, 3.8) is 0 Å². The Morgan fingerprint density at radius 2 is 2.09 bits per heavy atom. The summed E-state index contributed by atoms with van der Waals surface area (Å²) < 4.78 is 1.57. The summed E-state index contributed by atoms with van der Waals surface area (Å²) in [5.74, 6) is 1.47. The van der Waals surface area contributed by atoms with Gasteiger partial charge < -0.3 is 0 Å². The van der Waals surface area contributed by atoms with Crippen LogP contribution >= 0.6 is 17.0 Å². The second-order valence-electron chi connectivity index (χ2n) is 5.74. The molecular formula is C14H19BrN6O2. The molecule has 2 heterocycles. The second-order valence-corrected chi connectivity index (χ2v) is 5.74. The first-order chi connectivity index (χ1) is 10.6. The van der Waals surface area contributed by atoms with E-state index in [1.54, 1.807) is 16.8 Å². The van der Waals surface area contributed by atoms with Crippen LogP contribution < -0.4 is 0 Å². The highest BCUT2D eigenvalue weighted by Gasteiger charge is 2.19. The van der Waals surface area contributed by atoms with Crippen molar-refractivity contribution in [3.05, 3.63) is 40.2 Å². The zero-order valence-electron chi connectivity index (χ0n) is 12.8. The van der Waals surface area contributed by atoms with Crippen LogP contribution in [-0.2, 0) is 6.54 Å². The van der Waals surface area contributed by atoms with E-state index in [1.165, 1.54) is 25.0 Å². The SMILES string of the molecule is Br.CC1CCN(Cc2nnnn2-c2cccc([N+](=O)[O-])c2)CC1. The second kappa shape index (κ2) is 7.60. The summed E-state index contributed by atoms with van der Waals surface area (Å²) in [7, 11) is 0. The van der Waals surface area contributed by atoms with E-state index >= 15 is 0 Å². The lowest BCUT2D eigenvalue weighted by atomic mass is 9.99. The minimum absolute atomic E-state index is 0. The van der Waals surface area contributed by atoms with Gasteiger partial charge in [0, 0.05) is 12.1 Å². The molecule has 1 saturated heterocycles. The fraction of sp³-hybridized carbons (Fsp3) is 0.500. The first kappa shape index (κ1) is 17.5. The van der Waals surface area contributed by atoms with Crippen molar-refractivity contribution < 1.29 is 4.92 Å². The number of nitro benzene ring substituents is 1. The van der Waals surface area contributed by atoms with Crippen molar-refractivity contribution in [3.8, 4) is 5.69 Å². The van der Waals surface area contributed by atoms with Crippen LogP contribution in [0.15, 0.2) is 24.3 Å². The molecule has 0 bridgehead atoms. The number of rotatable bonds is 4. The maximum Gasteiger partial charge on any atom is 0.271 e. The summed E-state index contributed by atoms with van der Waals surface area (Å²) >= 11 is 0. The molecule has 8 nitrogen and oxygen atoms in total. The summed E-state index contributed by atoms with van der Waals surface area (Å²) in [4.78, 5) is 12.8. The Hall–Kier alpha value is -1.87. The highest BCUT2D eigenvalue weighted by molar-refractivity contribution is 8.93. The lowest BCUT2D eigenvalue weighted by molar-refractivity contribution is -0.384. The van der Waals surface area contributed by atoms with Crippen LogP contribution in [0.25, 0.3) is 5.69 Å². The minimum atomic E-state index is -0.417. The zero-order chi connectivity index (χ0) is 15.5. The largest absolute Gasteiger partial charge is 0.296 e. The van der Waals surface area contributed by atoms with Crippen LogP contribution in [0.3, 0.4) is 0 Å². The Labute approximate surface area is 144 Å². The molecule has 1 aromatic carbocycles. The molecule has 0 saturated carbocycles. The van der Waals surface area contributed by atoms with E-state index in [9.17, 15) is 10.1 Å². The smallest absolute Gasteiger partial charge is 0.271 e. The number of hydrogen-bond donors (Lipinski definition) is 0. The Balaban J connectivity index is 0.00000192. The van der Waals surface area contributed by atoms with Gasteiger partial charge in [0.05, 0.1) is 17.2 Å². The van der Waals surface area contributed by atoms with Gasteiger partial charge in [-0.25, -0.2) is 0 Å². The van der Waals surface area contributed by atoms with Crippen LogP contribution in [0, 0.1) is 16.0 Å². The van der Waals surface area contributed by atoms with Gasteiger partial charge in [0.15, 0.2) is 5.82 Å². The van der Waals surface area contributed by atoms with Crippen molar-refractivity contribution in [1.82, 2.24) is 25.1 Å². The van der Waals surface area contributed by atoms with E-state index in [2.05, 4.69) is 27.3 Å². The van der Waals surface area contributed by atoms with E-state index in [-0.39, 0.29) is 22.7 Å². The third-order valence-corrected chi connectivity index (χ3v) is 4.06. The van der Waals surface area contributed by atoms with Gasteiger partial charge in [-0.15, -0.1) is 22.1 Å². The van der Waals surface area contributed by atoms with Gasteiger partial charge in [-0.05, 0) is 48.3 Å². The molecule has 0 aliphatic carbocycles. The van der Waals surface area contributed by atoms with Gasteiger partial charge >= 0.3 is 0 Å². The van der Waals surface area contributed by atoms with E-state index in [1.807, 2.05) is 0 Å². The van der Waals surface area contributed by atoms with Gasteiger partial charge in [0.2, 0.25) is 0 Å². The number of hydrogen-bond acceptors (Lipinski definition) is 6. The van der Waals surface area contributed by atoms with E-state index in [0.29, 0.717) is 18.1 Å². The summed E-state index contributed by atoms with van der Waals surface area (Å²) in [5.41, 5.74) is 0.644. The Kier molecular flexibility index (Phi) is 5.78. The molecule has 0 spiro atoms. The maximum absolute atomic E-state index is 10.9. The highest BCUT2D eigenvalue weighted by Crippen LogP contribution is 2.20. The third-order valence-electron chi connectivity index (χ3n) is 4.06. The lowest BCUT2D eigenvalue weighted by Gasteiger charge is -2.29. The average Bonchev–Trinajstić information content (AvgIpc) is 2.98. The summed E-state index contributed by atoms with van der Waals surface area (Å²) in [6.07, 6.45) is 2.36. The average molecular weight is 383 g/mol. The van der Waals surface area contributed by atoms with Gasteiger partial charge in [0.25, 0.3) is 5.69 Å². The zero-order valence-corrected chi connectivity index (χ0v) is 14.5. The lowest BCUT2D eigenvalue weighted by Crippen LogP contribution is -2.33. The number of nitrogens with zero attached hydrogens (tertiary/aromatic N) is 6. The molecule has 1 aliphatic rings. The normalized spacial score (nSPS) is 16.0. The molecule has 23 heavy (non-hydrogen) atoms. The number of halogens is 1. The van der Waals surface area contributed by atoms with Gasteiger partial charge in [0.1, 0.15) is 0 Å². The summed E-state index contributed by atoms with van der Waals surface area (Å²) in [5, 5.41) is 22.7. The number of non-ortho nitro benzene ring substituents is 1. The molecule has 0 atom stereocenters. The molecule has 0 unspecified atom stereocenters. The van der Waals surface area contributed by atoms with E-state index in [4.69, 9.17) is 0 Å². The van der Waals surface area contributed by atoms with Crippen LogP contribution in [0.5, 0.6) is 0 Å². The monoisotopic (exact) mass is 382 g/mol. The summed E-state index contributed by atoms with van der Waals surface area (Å²) in [6, 6.07) is 6.35. The number of likely N-dealkylation sites (tertiary alicyclic amines) is 1. The first-order valence-electron chi connectivity index (χ1n) is 7.38. The molecule has 124 valence electrons. The molecule has 1 fully saturated rings. The first-order valence-corrected chi connectivity index (χ1v) is 7.38. The van der Waals surface area contributed by atoms with Crippen molar-refractivity contribution in [2.24, 2.45) is 5.92 Å². The third kappa shape index (κ3) is 4.11. The van der Waals surface area contributed by atoms with Crippen LogP contribution in [0.1, 0.15) is 25.6 Å². The number of nitro groups is 1. The maximum atomic E-state index is 10.9. The predicted octanol–water partition coefficient (Wildman–Crippen LogP) is 2.38. The van der Waals surface area contributed by atoms with Crippen molar-refractivity contribution in [2.45, 2.75) is 26.3 Å². The fourth-order valence-corrected chi connectivity index (χ4v) is 2.66. The molecule has 1 aliphatic heterocycles. The topological polar surface area (TPSA) is 90.0 Å². The van der Waals surface area contributed by atoms with Crippen molar-refractivity contribution in [2.75, 3.05) is 13.1 Å². The fourth-order valence-electron chi connectivity index (χ4n) is 2.66.